The number of rotatable bonds is 10. The number of ketones is 1. The van der Waals surface area contributed by atoms with E-state index in [9.17, 15) is 14.7 Å². The highest BCUT2D eigenvalue weighted by molar-refractivity contribution is 6.46. The van der Waals surface area contributed by atoms with Gasteiger partial charge in [-0.2, -0.15) is 0 Å². The van der Waals surface area contributed by atoms with Gasteiger partial charge in [0.1, 0.15) is 11.5 Å². The van der Waals surface area contributed by atoms with Gasteiger partial charge in [0.05, 0.1) is 18.2 Å². The third-order valence-electron chi connectivity index (χ3n) is 6.20. The molecule has 6 nitrogen and oxygen atoms in total. The van der Waals surface area contributed by atoms with Gasteiger partial charge in [-0.1, -0.05) is 57.5 Å². The van der Waals surface area contributed by atoms with Crippen molar-refractivity contribution in [2.24, 2.45) is 5.92 Å². The number of amides is 1. The second-order valence-corrected chi connectivity index (χ2v) is 9.16. The lowest BCUT2D eigenvalue weighted by Gasteiger charge is -2.28. The highest BCUT2D eigenvalue weighted by Crippen LogP contribution is 2.39. The molecule has 1 saturated heterocycles. The van der Waals surface area contributed by atoms with Crippen molar-refractivity contribution in [1.82, 2.24) is 9.80 Å². The predicted molar refractivity (Wildman–Crippen MR) is 135 cm³/mol. The Hall–Kier alpha value is -3.12. The smallest absolute Gasteiger partial charge is 0.295 e. The molecule has 6 heteroatoms. The number of aliphatic hydroxyl groups is 1. The molecular formula is C28H36N2O4. The van der Waals surface area contributed by atoms with Gasteiger partial charge in [-0.05, 0) is 55.8 Å². The van der Waals surface area contributed by atoms with Gasteiger partial charge in [0.25, 0.3) is 11.7 Å². The van der Waals surface area contributed by atoms with Gasteiger partial charge in [0, 0.05) is 18.7 Å². The van der Waals surface area contributed by atoms with Crippen LogP contribution in [-0.4, -0.2) is 59.4 Å². The first kappa shape index (κ1) is 25.5. The summed E-state index contributed by atoms with van der Waals surface area (Å²) in [4.78, 5) is 30.1. The number of ether oxygens (including phenoxy) is 1. The highest BCUT2D eigenvalue weighted by atomic mass is 16.5. The Morgan fingerprint density at radius 3 is 2.21 bits per heavy atom. The van der Waals surface area contributed by atoms with E-state index in [0.717, 1.165) is 24.2 Å². The molecule has 0 saturated carbocycles. The topological polar surface area (TPSA) is 70.1 Å². The summed E-state index contributed by atoms with van der Waals surface area (Å²) in [5.74, 6) is -0.293. The maximum atomic E-state index is 13.2. The molecule has 1 atom stereocenters. The van der Waals surface area contributed by atoms with Gasteiger partial charge in [-0.3, -0.25) is 9.59 Å². The van der Waals surface area contributed by atoms with Crippen LogP contribution in [0.15, 0.2) is 54.1 Å². The van der Waals surface area contributed by atoms with Crippen LogP contribution in [0.3, 0.4) is 0 Å². The zero-order valence-electron chi connectivity index (χ0n) is 20.9. The summed E-state index contributed by atoms with van der Waals surface area (Å²) in [6.45, 7) is 13.7. The quantitative estimate of drug-likeness (QED) is 0.311. The predicted octanol–water partition coefficient (Wildman–Crippen LogP) is 4.79. The minimum absolute atomic E-state index is 0.129. The summed E-state index contributed by atoms with van der Waals surface area (Å²) < 4.78 is 5.73. The standard InChI is InChI=1S/C28H36N2O4/c1-6-29(7-2)16-17-30-25(21-10-8-20(5)9-11-21)24(27(32)28(30)33)26(31)22-12-14-23(15-13-22)34-18-19(3)4/h8-15,19,25,31H,6-7,16-18H2,1-5H3/b26-24+. The van der Waals surface area contributed by atoms with Crippen molar-refractivity contribution in [3.8, 4) is 5.75 Å². The van der Waals surface area contributed by atoms with Crippen LogP contribution in [-0.2, 0) is 9.59 Å². The minimum atomic E-state index is -0.650. The largest absolute Gasteiger partial charge is 0.507 e. The maximum Gasteiger partial charge on any atom is 0.295 e. The van der Waals surface area contributed by atoms with Crippen LogP contribution in [0, 0.1) is 12.8 Å². The number of hydrogen-bond acceptors (Lipinski definition) is 5. The first-order valence-corrected chi connectivity index (χ1v) is 12.1. The molecular weight excluding hydrogens is 428 g/mol. The van der Waals surface area contributed by atoms with Crippen LogP contribution >= 0.6 is 0 Å². The Morgan fingerprint density at radius 1 is 1.03 bits per heavy atom. The fourth-order valence-electron chi connectivity index (χ4n) is 4.12. The second kappa shape index (κ2) is 11.3. The maximum absolute atomic E-state index is 13.2. The molecule has 34 heavy (non-hydrogen) atoms. The summed E-state index contributed by atoms with van der Waals surface area (Å²) in [7, 11) is 0. The molecule has 1 aliphatic heterocycles. The van der Waals surface area contributed by atoms with E-state index in [-0.39, 0.29) is 11.3 Å². The van der Waals surface area contributed by atoms with Gasteiger partial charge in [-0.25, -0.2) is 0 Å². The van der Waals surface area contributed by atoms with E-state index in [0.29, 0.717) is 36.9 Å². The molecule has 1 unspecified atom stereocenters. The molecule has 1 heterocycles. The number of likely N-dealkylation sites (N-methyl/N-ethyl adjacent to an activating group) is 1. The average Bonchev–Trinajstić information content (AvgIpc) is 3.08. The molecule has 1 aliphatic rings. The molecule has 182 valence electrons. The fraction of sp³-hybridized carbons (Fsp3) is 0.429. The van der Waals surface area contributed by atoms with E-state index in [2.05, 4.69) is 32.6 Å². The highest BCUT2D eigenvalue weighted by Gasteiger charge is 2.45. The number of likely N-dealkylation sites (tertiary alicyclic amines) is 1. The van der Waals surface area contributed by atoms with Crippen molar-refractivity contribution < 1.29 is 19.4 Å². The zero-order valence-corrected chi connectivity index (χ0v) is 20.9. The number of aryl methyl sites for hydroxylation is 1. The zero-order chi connectivity index (χ0) is 24.8. The SMILES string of the molecule is CCN(CC)CCN1C(=O)C(=O)/C(=C(/O)c2ccc(OCC(C)C)cc2)C1c1ccc(C)cc1. The molecule has 0 radical (unpaired) electrons. The van der Waals surface area contributed by atoms with Gasteiger partial charge >= 0.3 is 0 Å². The molecule has 2 aromatic rings. The lowest BCUT2D eigenvalue weighted by Crippen LogP contribution is -2.38. The summed E-state index contributed by atoms with van der Waals surface area (Å²) in [5.41, 5.74) is 2.50. The Kier molecular flexibility index (Phi) is 8.51. The second-order valence-electron chi connectivity index (χ2n) is 9.16. The Morgan fingerprint density at radius 2 is 1.65 bits per heavy atom. The first-order valence-electron chi connectivity index (χ1n) is 12.1. The number of carbonyl (C=O) groups excluding carboxylic acids is 2. The van der Waals surface area contributed by atoms with Crippen molar-refractivity contribution in [1.29, 1.82) is 0 Å². The van der Waals surface area contributed by atoms with E-state index in [4.69, 9.17) is 4.74 Å². The van der Waals surface area contributed by atoms with E-state index in [1.54, 1.807) is 29.2 Å². The average molecular weight is 465 g/mol. The lowest BCUT2D eigenvalue weighted by molar-refractivity contribution is -0.140. The molecule has 0 aliphatic carbocycles. The van der Waals surface area contributed by atoms with E-state index in [1.807, 2.05) is 31.2 Å². The van der Waals surface area contributed by atoms with Crippen LogP contribution in [0.4, 0.5) is 0 Å². The molecule has 1 fully saturated rings. The molecule has 3 rings (SSSR count). The molecule has 2 aromatic carbocycles. The van der Waals surface area contributed by atoms with Gasteiger partial charge in [-0.15, -0.1) is 0 Å². The Balaban J connectivity index is 2.00. The van der Waals surface area contributed by atoms with Crippen LogP contribution in [0.25, 0.3) is 5.76 Å². The van der Waals surface area contributed by atoms with Crippen LogP contribution < -0.4 is 4.74 Å². The van der Waals surface area contributed by atoms with Crippen molar-refractivity contribution in [2.45, 2.75) is 40.7 Å². The summed E-state index contributed by atoms with van der Waals surface area (Å²) in [5, 5.41) is 11.2. The van der Waals surface area contributed by atoms with Gasteiger partial charge in [0.15, 0.2) is 0 Å². The summed E-state index contributed by atoms with van der Waals surface area (Å²) in [6.07, 6.45) is 0. The third kappa shape index (κ3) is 5.68. The van der Waals surface area contributed by atoms with Gasteiger partial charge < -0.3 is 19.6 Å². The van der Waals surface area contributed by atoms with Crippen molar-refractivity contribution in [3.63, 3.8) is 0 Å². The fourth-order valence-corrected chi connectivity index (χ4v) is 4.12. The van der Waals surface area contributed by atoms with Crippen LogP contribution in [0.2, 0.25) is 0 Å². The number of aliphatic hydroxyl groups excluding tert-OH is 1. The van der Waals surface area contributed by atoms with Crippen molar-refractivity contribution in [3.05, 3.63) is 70.8 Å². The lowest BCUT2D eigenvalue weighted by atomic mass is 9.94. The molecule has 1 amide bonds. The number of Topliss-reactive ketones (excluding diaryl/α,β-unsaturated/α-hetero) is 1. The van der Waals surface area contributed by atoms with E-state index in [1.165, 1.54) is 0 Å². The Bertz CT molecular complexity index is 1020. The molecule has 0 aromatic heterocycles. The first-order chi connectivity index (χ1) is 16.3. The van der Waals surface area contributed by atoms with Crippen LogP contribution in [0.1, 0.15) is 50.4 Å². The van der Waals surface area contributed by atoms with Gasteiger partial charge in [0.2, 0.25) is 0 Å². The third-order valence-corrected chi connectivity index (χ3v) is 6.20. The summed E-state index contributed by atoms with van der Waals surface area (Å²) >= 11 is 0. The molecule has 1 N–H and O–H groups in total. The number of carbonyl (C=O) groups is 2. The number of hydrogen-bond donors (Lipinski definition) is 1. The normalized spacial score (nSPS) is 17.7. The van der Waals surface area contributed by atoms with E-state index >= 15 is 0 Å². The van der Waals surface area contributed by atoms with Crippen molar-refractivity contribution in [2.75, 3.05) is 32.8 Å². The molecule has 0 spiro atoms. The van der Waals surface area contributed by atoms with Crippen molar-refractivity contribution >= 4 is 17.4 Å². The number of nitrogens with zero attached hydrogens (tertiary/aromatic N) is 2. The van der Waals surface area contributed by atoms with Crippen LogP contribution in [0.5, 0.6) is 5.75 Å². The van der Waals surface area contributed by atoms with E-state index < -0.39 is 17.7 Å². The monoisotopic (exact) mass is 464 g/mol. The number of benzene rings is 2. The minimum Gasteiger partial charge on any atom is -0.507 e. The molecule has 0 bridgehead atoms. The summed E-state index contributed by atoms with van der Waals surface area (Å²) in [6, 6.07) is 14.1. The Labute approximate surface area is 202 Å².